The molecule has 1 aromatic heterocycles. The van der Waals surface area contributed by atoms with E-state index in [1.807, 2.05) is 24.3 Å². The molecular weight excluding hydrogens is 290 g/mol. The number of hydrogen-bond acceptors (Lipinski definition) is 4. The molecule has 0 bridgehead atoms. The molecule has 1 amide bonds. The number of carbonyl (C=O) groups is 1. The number of amides is 1. The van der Waals surface area contributed by atoms with Crippen LogP contribution in [0.25, 0.3) is 0 Å². The molecule has 1 aliphatic heterocycles. The standard InChI is InChI=1S/C14H16ClN5O/c1-19(8-10-3-2-4-11(15)5-10)14(21)13-9-20(18-17-13)12-6-16-7-12/h2-5,9,12,16H,6-8H2,1H3. The van der Waals surface area contributed by atoms with E-state index in [0.29, 0.717) is 23.3 Å². The monoisotopic (exact) mass is 305 g/mol. The van der Waals surface area contributed by atoms with E-state index in [4.69, 9.17) is 11.6 Å². The van der Waals surface area contributed by atoms with Crippen LogP contribution in [0, 0.1) is 0 Å². The second-order valence-corrected chi connectivity index (χ2v) is 5.62. The second-order valence-electron chi connectivity index (χ2n) is 5.19. The topological polar surface area (TPSA) is 63.1 Å². The highest BCUT2D eigenvalue weighted by Gasteiger charge is 2.22. The Morgan fingerprint density at radius 1 is 1.52 bits per heavy atom. The minimum absolute atomic E-state index is 0.145. The van der Waals surface area contributed by atoms with Gasteiger partial charge in [0.05, 0.1) is 12.2 Å². The van der Waals surface area contributed by atoms with Gasteiger partial charge in [0, 0.05) is 31.7 Å². The third-order valence-corrected chi connectivity index (χ3v) is 3.75. The van der Waals surface area contributed by atoms with Crippen molar-refractivity contribution in [3.05, 3.63) is 46.7 Å². The molecular formula is C14H16ClN5O. The van der Waals surface area contributed by atoms with Gasteiger partial charge < -0.3 is 10.2 Å². The van der Waals surface area contributed by atoms with Gasteiger partial charge in [-0.25, -0.2) is 4.68 Å². The number of nitrogens with one attached hydrogen (secondary N) is 1. The fourth-order valence-corrected chi connectivity index (χ4v) is 2.40. The summed E-state index contributed by atoms with van der Waals surface area (Å²) in [7, 11) is 1.74. The molecule has 110 valence electrons. The summed E-state index contributed by atoms with van der Waals surface area (Å²) in [6.07, 6.45) is 1.71. The molecule has 1 aromatic carbocycles. The lowest BCUT2D eigenvalue weighted by Gasteiger charge is -2.26. The lowest BCUT2D eigenvalue weighted by Crippen LogP contribution is -2.43. The predicted octanol–water partition coefficient (Wildman–Crippen LogP) is 1.35. The minimum Gasteiger partial charge on any atom is -0.336 e. The molecule has 1 aliphatic rings. The van der Waals surface area contributed by atoms with Crippen molar-refractivity contribution in [3.63, 3.8) is 0 Å². The Kier molecular flexibility index (Phi) is 3.90. The smallest absolute Gasteiger partial charge is 0.276 e. The fourth-order valence-electron chi connectivity index (χ4n) is 2.19. The number of aromatic nitrogens is 3. The average Bonchev–Trinajstić information content (AvgIpc) is 2.85. The van der Waals surface area contributed by atoms with E-state index in [9.17, 15) is 4.79 Å². The van der Waals surface area contributed by atoms with Gasteiger partial charge in [0.2, 0.25) is 0 Å². The van der Waals surface area contributed by atoms with Crippen molar-refractivity contribution in [2.24, 2.45) is 0 Å². The lowest BCUT2D eigenvalue weighted by molar-refractivity contribution is 0.0779. The summed E-state index contributed by atoms with van der Waals surface area (Å²) in [5.41, 5.74) is 1.35. The van der Waals surface area contributed by atoms with Crippen LogP contribution in [0.5, 0.6) is 0 Å². The van der Waals surface area contributed by atoms with Gasteiger partial charge >= 0.3 is 0 Å². The van der Waals surface area contributed by atoms with E-state index in [2.05, 4.69) is 15.6 Å². The van der Waals surface area contributed by atoms with Crippen molar-refractivity contribution in [2.75, 3.05) is 20.1 Å². The molecule has 3 rings (SSSR count). The highest BCUT2D eigenvalue weighted by molar-refractivity contribution is 6.30. The summed E-state index contributed by atoms with van der Waals surface area (Å²) in [5.74, 6) is -0.145. The Morgan fingerprint density at radius 2 is 2.33 bits per heavy atom. The van der Waals surface area contributed by atoms with Gasteiger partial charge in [-0.2, -0.15) is 0 Å². The maximum atomic E-state index is 12.3. The Hall–Kier alpha value is -1.92. The van der Waals surface area contributed by atoms with Gasteiger partial charge in [-0.1, -0.05) is 28.9 Å². The zero-order valence-electron chi connectivity index (χ0n) is 11.7. The van der Waals surface area contributed by atoms with Crippen molar-refractivity contribution in [2.45, 2.75) is 12.6 Å². The van der Waals surface area contributed by atoms with Crippen LogP contribution in [-0.2, 0) is 6.54 Å². The molecule has 7 heteroatoms. The van der Waals surface area contributed by atoms with E-state index < -0.39 is 0 Å². The van der Waals surface area contributed by atoms with Gasteiger partial charge in [0.15, 0.2) is 5.69 Å². The SMILES string of the molecule is CN(Cc1cccc(Cl)c1)C(=O)c1cn(C2CNC2)nn1. The second kappa shape index (κ2) is 5.83. The van der Waals surface area contributed by atoms with Crippen LogP contribution in [0.4, 0.5) is 0 Å². The van der Waals surface area contributed by atoms with E-state index in [-0.39, 0.29) is 5.91 Å². The Bertz CT molecular complexity index is 652. The molecule has 21 heavy (non-hydrogen) atoms. The zero-order chi connectivity index (χ0) is 14.8. The maximum absolute atomic E-state index is 12.3. The first-order chi connectivity index (χ1) is 10.1. The van der Waals surface area contributed by atoms with Crippen molar-refractivity contribution in [1.82, 2.24) is 25.2 Å². The number of carbonyl (C=O) groups excluding carboxylic acids is 1. The van der Waals surface area contributed by atoms with Crippen LogP contribution in [0.2, 0.25) is 5.02 Å². The Balaban J connectivity index is 1.67. The van der Waals surface area contributed by atoms with Gasteiger partial charge in [-0.3, -0.25) is 4.79 Å². The lowest BCUT2D eigenvalue weighted by atomic mass is 10.2. The highest BCUT2D eigenvalue weighted by atomic mass is 35.5. The van der Waals surface area contributed by atoms with Gasteiger partial charge in [0.1, 0.15) is 0 Å². The summed E-state index contributed by atoms with van der Waals surface area (Å²) in [6.45, 7) is 2.22. The van der Waals surface area contributed by atoms with Crippen molar-refractivity contribution >= 4 is 17.5 Å². The fraction of sp³-hybridized carbons (Fsp3) is 0.357. The van der Waals surface area contributed by atoms with E-state index in [1.165, 1.54) is 0 Å². The molecule has 1 saturated heterocycles. The van der Waals surface area contributed by atoms with Gasteiger partial charge in [-0.05, 0) is 17.7 Å². The minimum atomic E-state index is -0.145. The van der Waals surface area contributed by atoms with Crippen LogP contribution >= 0.6 is 11.6 Å². The van der Waals surface area contributed by atoms with Crippen LogP contribution in [0.15, 0.2) is 30.5 Å². The largest absolute Gasteiger partial charge is 0.336 e. The number of rotatable bonds is 4. The van der Waals surface area contributed by atoms with Gasteiger partial charge in [0.25, 0.3) is 5.91 Å². The quantitative estimate of drug-likeness (QED) is 0.926. The van der Waals surface area contributed by atoms with Crippen molar-refractivity contribution < 1.29 is 4.79 Å². The first kappa shape index (κ1) is 14.0. The molecule has 2 heterocycles. The number of hydrogen-bond donors (Lipinski definition) is 1. The first-order valence-corrected chi connectivity index (χ1v) is 7.14. The molecule has 0 radical (unpaired) electrons. The van der Waals surface area contributed by atoms with Gasteiger partial charge in [-0.15, -0.1) is 5.10 Å². The number of halogens is 1. The van der Waals surface area contributed by atoms with Crippen LogP contribution in [0.3, 0.4) is 0 Å². The Labute approximate surface area is 127 Å². The summed E-state index contributed by atoms with van der Waals surface area (Å²) in [6, 6.07) is 7.77. The van der Waals surface area contributed by atoms with E-state index in [1.54, 1.807) is 22.8 Å². The van der Waals surface area contributed by atoms with E-state index >= 15 is 0 Å². The molecule has 1 N–H and O–H groups in total. The summed E-state index contributed by atoms with van der Waals surface area (Å²) < 4.78 is 1.75. The summed E-state index contributed by atoms with van der Waals surface area (Å²) in [5, 5.41) is 11.8. The predicted molar refractivity (Wildman–Crippen MR) is 79.2 cm³/mol. The average molecular weight is 306 g/mol. The van der Waals surface area contributed by atoms with Crippen molar-refractivity contribution in [1.29, 1.82) is 0 Å². The van der Waals surface area contributed by atoms with Crippen molar-refractivity contribution in [3.8, 4) is 0 Å². The molecule has 0 unspecified atom stereocenters. The first-order valence-electron chi connectivity index (χ1n) is 6.76. The molecule has 0 atom stereocenters. The summed E-state index contributed by atoms with van der Waals surface area (Å²) in [4.78, 5) is 13.9. The molecule has 2 aromatic rings. The Morgan fingerprint density at radius 3 is 3.00 bits per heavy atom. The molecule has 6 nitrogen and oxygen atoms in total. The third kappa shape index (κ3) is 3.06. The molecule has 0 spiro atoms. The van der Waals surface area contributed by atoms with E-state index in [0.717, 1.165) is 18.7 Å². The maximum Gasteiger partial charge on any atom is 0.276 e. The van der Waals surface area contributed by atoms with Crippen LogP contribution in [-0.4, -0.2) is 45.9 Å². The summed E-state index contributed by atoms with van der Waals surface area (Å²) >= 11 is 5.95. The van der Waals surface area contributed by atoms with Crippen LogP contribution < -0.4 is 5.32 Å². The normalized spacial score (nSPS) is 14.8. The third-order valence-electron chi connectivity index (χ3n) is 3.52. The zero-order valence-corrected chi connectivity index (χ0v) is 12.4. The molecule has 0 saturated carbocycles. The molecule has 1 fully saturated rings. The molecule has 0 aliphatic carbocycles. The number of nitrogens with zero attached hydrogens (tertiary/aromatic N) is 4. The van der Waals surface area contributed by atoms with Crippen LogP contribution in [0.1, 0.15) is 22.1 Å². The number of benzene rings is 1. The highest BCUT2D eigenvalue weighted by Crippen LogP contribution is 2.14.